The monoisotopic (exact) mass is 480 g/mol. The normalized spacial score (nSPS) is 23.5. The second-order valence-corrected chi connectivity index (χ2v) is 10.9. The second-order valence-electron chi connectivity index (χ2n) is 9.38. The fourth-order valence-corrected chi connectivity index (χ4v) is 6.45. The molecule has 3 aliphatic rings. The van der Waals surface area contributed by atoms with Crippen molar-refractivity contribution in [1.82, 2.24) is 19.9 Å². The van der Waals surface area contributed by atoms with Gasteiger partial charge in [-0.2, -0.15) is 4.98 Å². The molecule has 0 bridgehead atoms. The fourth-order valence-electron chi connectivity index (χ4n) is 5.14. The molecule has 2 atom stereocenters. The van der Waals surface area contributed by atoms with Crippen LogP contribution in [-0.4, -0.2) is 68.4 Å². The zero-order valence-corrected chi connectivity index (χ0v) is 20.0. The number of anilines is 2. The molecule has 0 spiro atoms. The molecule has 10 heteroatoms. The largest absolute Gasteiger partial charge is 0.440 e. The van der Waals surface area contributed by atoms with E-state index < -0.39 is 10.8 Å². The third-order valence-corrected chi connectivity index (χ3v) is 8.54. The summed E-state index contributed by atoms with van der Waals surface area (Å²) in [5.74, 6) is 3.20. The van der Waals surface area contributed by atoms with Gasteiger partial charge in [0.15, 0.2) is 11.5 Å². The maximum atomic E-state index is 12.7. The van der Waals surface area contributed by atoms with Crippen LogP contribution in [0.15, 0.2) is 33.6 Å². The number of carbonyl (C=O) groups excluding carboxylic acids is 1. The number of rotatable bonds is 4. The number of nitrogens with zero attached hydrogens (tertiary/aromatic N) is 5. The summed E-state index contributed by atoms with van der Waals surface area (Å²) in [6.45, 7) is 2.24. The molecule has 34 heavy (non-hydrogen) atoms. The maximum Gasteiger partial charge on any atom is 0.227 e. The summed E-state index contributed by atoms with van der Waals surface area (Å²) in [7, 11) is 0.736. The molecule has 5 heterocycles. The number of piperidine rings is 2. The number of carbonyl (C=O) groups is 1. The molecule has 1 aromatic carbocycles. The van der Waals surface area contributed by atoms with E-state index in [4.69, 9.17) is 19.4 Å². The lowest BCUT2D eigenvalue weighted by Crippen LogP contribution is -2.43. The van der Waals surface area contributed by atoms with Crippen molar-refractivity contribution in [3.05, 3.63) is 35.9 Å². The van der Waals surface area contributed by atoms with Crippen molar-refractivity contribution < 1.29 is 13.4 Å². The van der Waals surface area contributed by atoms with Gasteiger partial charge < -0.3 is 19.5 Å². The van der Waals surface area contributed by atoms with Crippen molar-refractivity contribution in [3.8, 4) is 0 Å². The molecule has 6 rings (SSSR count). The third kappa shape index (κ3) is 3.93. The SMILES string of the molecule is CN1CC(Nc2nc(N3CCC(c4nc5ccccc5o4)CC3)nc3c2S(=O)CC3)CCC1=O. The van der Waals surface area contributed by atoms with E-state index in [1.54, 1.807) is 4.90 Å². The Morgan fingerprint density at radius 3 is 2.71 bits per heavy atom. The van der Waals surface area contributed by atoms with Crippen LogP contribution < -0.4 is 10.2 Å². The number of likely N-dealkylation sites (N-methyl/N-ethyl adjacent to an activating group) is 1. The molecular formula is C24H28N6O3S. The number of nitrogens with one attached hydrogen (secondary N) is 1. The van der Waals surface area contributed by atoms with Gasteiger partial charge in [0.1, 0.15) is 16.2 Å². The van der Waals surface area contributed by atoms with Crippen molar-refractivity contribution in [1.29, 1.82) is 0 Å². The van der Waals surface area contributed by atoms with Gasteiger partial charge >= 0.3 is 0 Å². The van der Waals surface area contributed by atoms with Gasteiger partial charge in [0.05, 0.1) is 16.5 Å². The first-order valence-corrected chi connectivity index (χ1v) is 13.3. The number of para-hydroxylation sites is 2. The minimum Gasteiger partial charge on any atom is -0.440 e. The summed E-state index contributed by atoms with van der Waals surface area (Å²) >= 11 is 0. The number of likely N-dealkylation sites (tertiary alicyclic amines) is 1. The highest BCUT2D eigenvalue weighted by Crippen LogP contribution is 2.34. The Bertz CT molecular complexity index is 1240. The summed E-state index contributed by atoms with van der Waals surface area (Å²) in [6, 6.07) is 7.97. The van der Waals surface area contributed by atoms with E-state index in [1.165, 1.54) is 0 Å². The Morgan fingerprint density at radius 2 is 1.91 bits per heavy atom. The Morgan fingerprint density at radius 1 is 1.09 bits per heavy atom. The Hall–Kier alpha value is -3.01. The summed E-state index contributed by atoms with van der Waals surface area (Å²) in [5, 5.41) is 3.50. The average molecular weight is 481 g/mol. The lowest BCUT2D eigenvalue weighted by molar-refractivity contribution is -0.132. The minimum absolute atomic E-state index is 0.0945. The number of amides is 1. The number of aromatic nitrogens is 3. The van der Waals surface area contributed by atoms with E-state index in [-0.39, 0.29) is 17.9 Å². The summed E-state index contributed by atoms with van der Waals surface area (Å²) < 4.78 is 18.7. The predicted molar refractivity (Wildman–Crippen MR) is 129 cm³/mol. The van der Waals surface area contributed by atoms with Crippen LogP contribution in [-0.2, 0) is 22.0 Å². The van der Waals surface area contributed by atoms with Crippen LogP contribution in [0.5, 0.6) is 0 Å². The van der Waals surface area contributed by atoms with Crippen LogP contribution in [0.2, 0.25) is 0 Å². The minimum atomic E-state index is -1.09. The number of benzene rings is 1. The van der Waals surface area contributed by atoms with Crippen molar-refractivity contribution in [2.24, 2.45) is 0 Å². The number of aryl methyl sites for hydroxylation is 1. The fraction of sp³-hybridized carbons (Fsp3) is 0.500. The van der Waals surface area contributed by atoms with E-state index in [2.05, 4.69) is 10.2 Å². The van der Waals surface area contributed by atoms with Gasteiger partial charge in [-0.05, 0) is 31.4 Å². The molecule has 1 amide bonds. The first kappa shape index (κ1) is 21.5. The lowest BCUT2D eigenvalue weighted by atomic mass is 9.97. The van der Waals surface area contributed by atoms with E-state index in [0.717, 1.165) is 59.9 Å². The third-order valence-electron chi connectivity index (χ3n) is 7.08. The molecular weight excluding hydrogens is 452 g/mol. The van der Waals surface area contributed by atoms with E-state index in [1.807, 2.05) is 31.3 Å². The second kappa shape index (κ2) is 8.65. The van der Waals surface area contributed by atoms with Gasteiger partial charge in [-0.3, -0.25) is 9.00 Å². The van der Waals surface area contributed by atoms with Crippen molar-refractivity contribution in [2.45, 2.75) is 49.0 Å². The zero-order valence-electron chi connectivity index (χ0n) is 19.2. The molecule has 2 unspecified atom stereocenters. The molecule has 9 nitrogen and oxygen atoms in total. The molecule has 0 saturated carbocycles. The van der Waals surface area contributed by atoms with Crippen molar-refractivity contribution >= 4 is 39.6 Å². The molecule has 2 saturated heterocycles. The van der Waals surface area contributed by atoms with E-state index >= 15 is 0 Å². The number of fused-ring (bicyclic) bond motifs is 2. The van der Waals surface area contributed by atoms with Gasteiger partial charge in [0.2, 0.25) is 11.9 Å². The standard InChI is InChI=1S/C24H28N6O3S/c1-29-14-16(6-7-20(29)31)25-22-21-18(10-13-34(21)32)27-24(28-22)30-11-8-15(9-12-30)23-26-17-4-2-3-5-19(17)33-23/h2-5,15-16H,6-14H2,1H3,(H,25,27,28). The quantitative estimate of drug-likeness (QED) is 0.608. The summed E-state index contributed by atoms with van der Waals surface area (Å²) in [4.78, 5) is 30.9. The predicted octanol–water partition coefficient (Wildman–Crippen LogP) is 2.70. The van der Waals surface area contributed by atoms with Gasteiger partial charge in [-0.15, -0.1) is 0 Å². The molecule has 178 valence electrons. The molecule has 2 fully saturated rings. The Kier molecular flexibility index (Phi) is 5.47. The van der Waals surface area contributed by atoms with Crippen molar-refractivity contribution in [3.63, 3.8) is 0 Å². The molecule has 3 aliphatic heterocycles. The van der Waals surface area contributed by atoms with E-state index in [9.17, 15) is 9.00 Å². The van der Waals surface area contributed by atoms with Crippen LogP contribution in [0.25, 0.3) is 11.1 Å². The van der Waals surface area contributed by atoms with Crippen LogP contribution in [0.3, 0.4) is 0 Å². The maximum absolute atomic E-state index is 12.7. The molecule has 1 N–H and O–H groups in total. The topological polar surface area (TPSA) is 104 Å². The highest BCUT2D eigenvalue weighted by Gasteiger charge is 2.32. The summed E-state index contributed by atoms with van der Waals surface area (Å²) in [6.07, 6.45) is 3.80. The van der Waals surface area contributed by atoms with Gasteiger partial charge in [0, 0.05) is 57.2 Å². The average Bonchev–Trinajstić information content (AvgIpc) is 3.45. The molecule has 2 aromatic heterocycles. The van der Waals surface area contributed by atoms with Gasteiger partial charge in [0.25, 0.3) is 0 Å². The number of oxazole rings is 1. The van der Waals surface area contributed by atoms with Crippen LogP contribution in [0.4, 0.5) is 11.8 Å². The van der Waals surface area contributed by atoms with Gasteiger partial charge in [-0.1, -0.05) is 12.1 Å². The highest BCUT2D eigenvalue weighted by atomic mass is 32.2. The smallest absolute Gasteiger partial charge is 0.227 e. The number of hydrogen-bond acceptors (Lipinski definition) is 8. The Labute approximate surface area is 200 Å². The first-order valence-electron chi connectivity index (χ1n) is 12.0. The zero-order chi connectivity index (χ0) is 23.2. The lowest BCUT2D eigenvalue weighted by Gasteiger charge is -2.32. The van der Waals surface area contributed by atoms with Crippen LogP contribution >= 0.6 is 0 Å². The number of hydrogen-bond donors (Lipinski definition) is 1. The van der Waals surface area contributed by atoms with Crippen molar-refractivity contribution in [2.75, 3.05) is 42.7 Å². The highest BCUT2D eigenvalue weighted by molar-refractivity contribution is 7.85. The van der Waals surface area contributed by atoms with Gasteiger partial charge in [-0.25, -0.2) is 9.97 Å². The van der Waals surface area contributed by atoms with Crippen LogP contribution in [0, 0.1) is 0 Å². The first-order chi connectivity index (χ1) is 16.5. The summed E-state index contributed by atoms with van der Waals surface area (Å²) in [5.41, 5.74) is 2.62. The Balaban J connectivity index is 1.20. The van der Waals surface area contributed by atoms with Crippen LogP contribution in [0.1, 0.15) is 43.2 Å². The molecule has 3 aromatic rings. The molecule has 0 aliphatic carbocycles. The molecule has 0 radical (unpaired) electrons. The van der Waals surface area contributed by atoms with E-state index in [0.29, 0.717) is 36.9 Å².